The number of esters is 1. The van der Waals surface area contributed by atoms with Crippen LogP contribution in [0.2, 0.25) is 0 Å². The van der Waals surface area contributed by atoms with Gasteiger partial charge >= 0.3 is 24.2 Å². The minimum absolute atomic E-state index is 0.0577. The van der Waals surface area contributed by atoms with Gasteiger partial charge in [0.1, 0.15) is 17.2 Å². The Morgan fingerprint density at radius 3 is 1.77 bits per heavy atom. The number of benzene rings is 1. The van der Waals surface area contributed by atoms with Crippen LogP contribution in [0.4, 0.5) is 9.59 Å². The quantitative estimate of drug-likeness (QED) is 0.216. The van der Waals surface area contributed by atoms with E-state index in [0.717, 1.165) is 0 Å². The summed E-state index contributed by atoms with van der Waals surface area (Å²) in [6, 6.07) is 2.77. The zero-order valence-corrected chi connectivity index (χ0v) is 24.5. The molecule has 0 heterocycles. The smallest absolute Gasteiger partial charge is 0.480 e. The number of carbonyl (C=O) groups excluding carboxylic acids is 3. The lowest BCUT2D eigenvalue weighted by atomic mass is 9.87. The van der Waals surface area contributed by atoms with E-state index in [2.05, 4.69) is 0 Å². The van der Waals surface area contributed by atoms with Crippen LogP contribution in [0.25, 0.3) is 0 Å². The summed E-state index contributed by atoms with van der Waals surface area (Å²) in [4.78, 5) is 49.1. The van der Waals surface area contributed by atoms with Crippen molar-refractivity contribution < 1.29 is 48.0 Å². The molecule has 1 aromatic rings. The van der Waals surface area contributed by atoms with Gasteiger partial charge < -0.3 is 34.5 Å². The standard InChI is InChI=1S/C28H43NO10/c1-15(2)17(4)24(32)35-16(3)13-19(22(29)23(30)31)18-11-12-20(36-25(33)38-27(5,6)7)21(14-18)37-26(34)39-28(8,9)10/h11-12,14-17,19,22H,13,29H2,1-10H3,(H,30,31)/t16?,17?,19?,22-/m0/s1. The molecule has 39 heavy (non-hydrogen) atoms. The highest BCUT2D eigenvalue weighted by Gasteiger charge is 2.31. The lowest BCUT2D eigenvalue weighted by molar-refractivity contribution is -0.154. The van der Waals surface area contributed by atoms with Gasteiger partial charge in [0, 0.05) is 5.92 Å². The topological polar surface area (TPSA) is 161 Å². The summed E-state index contributed by atoms with van der Waals surface area (Å²) in [5.41, 5.74) is 4.65. The Balaban J connectivity index is 3.41. The Hall–Kier alpha value is -3.34. The first-order valence-corrected chi connectivity index (χ1v) is 12.8. The SMILES string of the molecule is CC(CC(c1ccc(OC(=O)OC(C)(C)C)c(OC(=O)OC(C)(C)C)c1)[C@H](N)C(=O)O)OC(=O)C(C)C(C)C. The Morgan fingerprint density at radius 1 is 0.846 bits per heavy atom. The van der Waals surface area contributed by atoms with E-state index in [-0.39, 0.29) is 29.8 Å². The largest absolute Gasteiger partial charge is 0.514 e. The average Bonchev–Trinajstić information content (AvgIpc) is 2.74. The molecule has 0 radical (unpaired) electrons. The molecule has 4 atom stereocenters. The second-order valence-corrected chi connectivity index (χ2v) is 11.8. The third-order valence-corrected chi connectivity index (χ3v) is 5.56. The van der Waals surface area contributed by atoms with Gasteiger partial charge in [-0.2, -0.15) is 0 Å². The molecule has 3 unspecified atom stereocenters. The minimum atomic E-state index is -1.39. The van der Waals surface area contributed by atoms with Crippen LogP contribution in [0.3, 0.4) is 0 Å². The number of nitrogens with two attached hydrogens (primary N) is 1. The molecule has 3 N–H and O–H groups in total. The Labute approximate surface area is 230 Å². The first kappa shape index (κ1) is 33.7. The van der Waals surface area contributed by atoms with Crippen molar-refractivity contribution in [2.24, 2.45) is 17.6 Å². The predicted octanol–water partition coefficient (Wildman–Crippen LogP) is 5.42. The Bertz CT molecular complexity index is 1020. The lowest BCUT2D eigenvalue weighted by Crippen LogP contribution is -2.38. The Morgan fingerprint density at radius 2 is 1.33 bits per heavy atom. The van der Waals surface area contributed by atoms with E-state index in [9.17, 15) is 24.3 Å². The average molecular weight is 554 g/mol. The number of aliphatic carboxylic acids is 1. The molecule has 11 nitrogen and oxygen atoms in total. The molecule has 0 aromatic heterocycles. The van der Waals surface area contributed by atoms with E-state index >= 15 is 0 Å². The number of ether oxygens (including phenoxy) is 5. The van der Waals surface area contributed by atoms with Crippen LogP contribution in [0.5, 0.6) is 11.5 Å². The fourth-order valence-corrected chi connectivity index (χ4v) is 3.29. The number of hydrogen-bond donors (Lipinski definition) is 2. The van der Waals surface area contributed by atoms with E-state index in [0.29, 0.717) is 5.56 Å². The van der Waals surface area contributed by atoms with Gasteiger partial charge in [0.05, 0.1) is 12.0 Å². The van der Waals surface area contributed by atoms with E-state index in [1.54, 1.807) is 55.4 Å². The van der Waals surface area contributed by atoms with Crippen molar-refractivity contribution in [1.29, 1.82) is 0 Å². The summed E-state index contributed by atoms with van der Waals surface area (Å²) >= 11 is 0. The van der Waals surface area contributed by atoms with Crippen LogP contribution in [0.1, 0.15) is 87.1 Å². The van der Waals surface area contributed by atoms with Gasteiger partial charge in [-0.25, -0.2) is 9.59 Å². The molecule has 0 amide bonds. The molecular weight excluding hydrogens is 510 g/mol. The molecule has 0 aliphatic carbocycles. The maximum atomic E-state index is 12.5. The first-order chi connectivity index (χ1) is 17.7. The summed E-state index contributed by atoms with van der Waals surface area (Å²) in [5.74, 6) is -3.21. The maximum Gasteiger partial charge on any atom is 0.514 e. The van der Waals surface area contributed by atoms with Gasteiger partial charge in [0.15, 0.2) is 11.5 Å². The van der Waals surface area contributed by atoms with Crippen molar-refractivity contribution in [3.05, 3.63) is 23.8 Å². The van der Waals surface area contributed by atoms with Gasteiger partial charge in [-0.3, -0.25) is 9.59 Å². The van der Waals surface area contributed by atoms with Crippen molar-refractivity contribution >= 4 is 24.2 Å². The fraction of sp³-hybridized carbons (Fsp3) is 0.643. The van der Waals surface area contributed by atoms with Crippen molar-refractivity contribution in [3.63, 3.8) is 0 Å². The van der Waals surface area contributed by atoms with Crippen LogP contribution in [-0.2, 0) is 23.8 Å². The summed E-state index contributed by atoms with van der Waals surface area (Å²) in [6.45, 7) is 17.1. The summed E-state index contributed by atoms with van der Waals surface area (Å²) in [5, 5.41) is 9.67. The molecule has 1 aromatic carbocycles. The number of rotatable bonds is 10. The van der Waals surface area contributed by atoms with Crippen LogP contribution < -0.4 is 15.2 Å². The molecule has 0 saturated heterocycles. The van der Waals surface area contributed by atoms with Gasteiger partial charge in [-0.1, -0.05) is 26.8 Å². The van der Waals surface area contributed by atoms with Crippen LogP contribution in [0, 0.1) is 11.8 Å². The summed E-state index contributed by atoms with van der Waals surface area (Å²) < 4.78 is 26.5. The maximum absolute atomic E-state index is 12.5. The van der Waals surface area contributed by atoms with Crippen LogP contribution >= 0.6 is 0 Å². The van der Waals surface area contributed by atoms with Crippen LogP contribution in [0.15, 0.2) is 18.2 Å². The fourth-order valence-electron chi connectivity index (χ4n) is 3.29. The van der Waals surface area contributed by atoms with Crippen molar-refractivity contribution in [2.45, 2.75) is 105 Å². The number of carboxylic acids is 1. The molecule has 0 bridgehead atoms. The normalized spacial score (nSPS) is 15.0. The minimum Gasteiger partial charge on any atom is -0.480 e. The molecular formula is C28H43NO10. The van der Waals surface area contributed by atoms with E-state index in [1.807, 2.05) is 13.8 Å². The van der Waals surface area contributed by atoms with E-state index in [4.69, 9.17) is 29.4 Å². The first-order valence-electron chi connectivity index (χ1n) is 12.8. The van der Waals surface area contributed by atoms with Gasteiger partial charge in [-0.15, -0.1) is 0 Å². The highest BCUT2D eigenvalue weighted by molar-refractivity contribution is 5.75. The highest BCUT2D eigenvalue weighted by Crippen LogP contribution is 2.35. The molecule has 0 aliphatic heterocycles. The zero-order chi connectivity index (χ0) is 30.3. The highest BCUT2D eigenvalue weighted by atomic mass is 16.8. The predicted molar refractivity (Wildman–Crippen MR) is 143 cm³/mol. The number of hydrogen-bond acceptors (Lipinski definition) is 10. The molecule has 0 fully saturated rings. The third-order valence-electron chi connectivity index (χ3n) is 5.56. The van der Waals surface area contributed by atoms with E-state index in [1.165, 1.54) is 18.2 Å². The van der Waals surface area contributed by atoms with Gasteiger partial charge in [0.2, 0.25) is 0 Å². The molecule has 11 heteroatoms. The molecule has 220 valence electrons. The van der Waals surface area contributed by atoms with E-state index < -0.39 is 53.5 Å². The molecule has 1 rings (SSSR count). The molecule has 0 saturated carbocycles. The van der Waals surface area contributed by atoms with Crippen molar-refractivity contribution in [1.82, 2.24) is 0 Å². The lowest BCUT2D eigenvalue weighted by Gasteiger charge is -2.26. The number of carboxylic acid groups (broad SMARTS) is 1. The second kappa shape index (κ2) is 13.6. The summed E-state index contributed by atoms with van der Waals surface area (Å²) in [6.07, 6.45) is -2.73. The molecule has 0 aliphatic rings. The van der Waals surface area contributed by atoms with Gasteiger partial charge in [0.25, 0.3) is 0 Å². The zero-order valence-electron chi connectivity index (χ0n) is 24.5. The monoisotopic (exact) mass is 553 g/mol. The molecule has 0 spiro atoms. The Kier molecular flexibility index (Phi) is 11.8. The number of carbonyl (C=O) groups is 4. The summed E-state index contributed by atoms with van der Waals surface area (Å²) in [7, 11) is 0. The van der Waals surface area contributed by atoms with Crippen molar-refractivity contribution in [2.75, 3.05) is 0 Å². The second-order valence-electron chi connectivity index (χ2n) is 11.8. The van der Waals surface area contributed by atoms with Crippen molar-refractivity contribution in [3.8, 4) is 11.5 Å². The van der Waals surface area contributed by atoms with Crippen LogP contribution in [-0.4, -0.2) is 52.7 Å². The third kappa shape index (κ3) is 11.9. The van der Waals surface area contributed by atoms with Gasteiger partial charge in [-0.05, 0) is 78.5 Å².